The molecule has 0 aliphatic rings. The zero-order valence-electron chi connectivity index (χ0n) is 10.0. The minimum atomic E-state index is -0.675. The molecule has 0 aromatic carbocycles. The van der Waals surface area contributed by atoms with Crippen molar-refractivity contribution in [3.8, 4) is 0 Å². The number of methoxy groups -OCH3 is 2. The normalized spacial score (nSPS) is 9.35. The third-order valence-corrected chi connectivity index (χ3v) is 1.85. The lowest BCUT2D eigenvalue weighted by Gasteiger charge is -2.19. The number of rotatable bonds is 6. The molecular formula is C10H15NO6. The van der Waals surface area contributed by atoms with Crippen molar-refractivity contribution in [3.63, 3.8) is 0 Å². The van der Waals surface area contributed by atoms with Crippen molar-refractivity contribution >= 4 is 23.6 Å². The van der Waals surface area contributed by atoms with Gasteiger partial charge in [0.15, 0.2) is 0 Å². The Labute approximate surface area is 98.7 Å². The summed E-state index contributed by atoms with van der Waals surface area (Å²) in [6.45, 7) is 0.460. The zero-order chi connectivity index (χ0) is 13.4. The zero-order valence-corrected chi connectivity index (χ0v) is 10.0. The first-order valence-electron chi connectivity index (χ1n) is 4.81. The molecule has 0 spiro atoms. The monoisotopic (exact) mass is 245 g/mol. The van der Waals surface area contributed by atoms with Gasteiger partial charge in [-0.15, -0.1) is 0 Å². The fourth-order valence-electron chi connectivity index (χ4n) is 0.998. The molecule has 0 heterocycles. The van der Waals surface area contributed by atoms with E-state index in [1.165, 1.54) is 6.92 Å². The minimum Gasteiger partial charge on any atom is -0.468 e. The highest BCUT2D eigenvalue weighted by atomic mass is 16.5. The van der Waals surface area contributed by atoms with E-state index in [-0.39, 0.29) is 12.2 Å². The van der Waals surface area contributed by atoms with Crippen LogP contribution in [0.1, 0.15) is 13.3 Å². The Morgan fingerprint density at radius 2 is 1.35 bits per heavy atom. The Balaban J connectivity index is 4.59. The summed E-state index contributed by atoms with van der Waals surface area (Å²) in [4.78, 5) is 45.3. The van der Waals surface area contributed by atoms with Gasteiger partial charge in [-0.05, 0) is 6.92 Å². The molecule has 0 unspecified atom stereocenters. The van der Waals surface area contributed by atoms with Gasteiger partial charge in [-0.25, -0.2) is 0 Å². The molecule has 1 amide bonds. The molecule has 0 rings (SSSR count). The molecule has 0 aliphatic carbocycles. The van der Waals surface area contributed by atoms with Crippen LogP contribution in [0.5, 0.6) is 0 Å². The largest absolute Gasteiger partial charge is 0.468 e. The fraction of sp³-hybridized carbons (Fsp3) is 0.600. The molecule has 0 N–H and O–H groups in total. The smallest absolute Gasteiger partial charge is 0.325 e. The molecular weight excluding hydrogens is 230 g/mol. The molecule has 7 heteroatoms. The number of carbonyl (C=O) groups excluding carboxylic acids is 4. The first-order chi connectivity index (χ1) is 7.90. The Kier molecular flexibility index (Phi) is 6.54. The van der Waals surface area contributed by atoms with E-state index >= 15 is 0 Å². The molecule has 7 nitrogen and oxygen atoms in total. The van der Waals surface area contributed by atoms with E-state index in [0.717, 1.165) is 19.1 Å². The van der Waals surface area contributed by atoms with Crippen molar-refractivity contribution in [2.45, 2.75) is 13.3 Å². The molecule has 0 fully saturated rings. The molecule has 96 valence electrons. The predicted octanol–water partition coefficient (Wildman–Crippen LogP) is -0.860. The molecule has 0 radical (unpaired) electrons. The lowest BCUT2D eigenvalue weighted by Crippen LogP contribution is -2.40. The second-order valence-corrected chi connectivity index (χ2v) is 3.28. The van der Waals surface area contributed by atoms with Crippen LogP contribution in [0.25, 0.3) is 0 Å². The van der Waals surface area contributed by atoms with E-state index in [9.17, 15) is 19.2 Å². The van der Waals surface area contributed by atoms with Crippen LogP contribution in [0.3, 0.4) is 0 Å². The number of Topliss-reactive ketones (excluding diaryl/α,β-unsaturated/α-hetero) is 1. The Hall–Kier alpha value is -1.92. The van der Waals surface area contributed by atoms with Crippen molar-refractivity contribution < 1.29 is 28.7 Å². The van der Waals surface area contributed by atoms with Gasteiger partial charge in [0.2, 0.25) is 5.91 Å². The van der Waals surface area contributed by atoms with Gasteiger partial charge in [0.05, 0.1) is 20.6 Å². The summed E-state index contributed by atoms with van der Waals surface area (Å²) in [6, 6.07) is 0. The summed E-state index contributed by atoms with van der Waals surface area (Å²) in [5.41, 5.74) is 0. The van der Waals surface area contributed by atoms with Crippen LogP contribution in [0.15, 0.2) is 0 Å². The molecule has 0 aromatic heterocycles. The van der Waals surface area contributed by atoms with Gasteiger partial charge in [-0.3, -0.25) is 19.2 Å². The Morgan fingerprint density at radius 1 is 0.941 bits per heavy atom. The third-order valence-electron chi connectivity index (χ3n) is 1.85. The van der Waals surface area contributed by atoms with Crippen LogP contribution >= 0.6 is 0 Å². The van der Waals surface area contributed by atoms with Crippen molar-refractivity contribution in [3.05, 3.63) is 0 Å². The lowest BCUT2D eigenvalue weighted by molar-refractivity contribution is -0.152. The minimum absolute atomic E-state index is 0.352. The van der Waals surface area contributed by atoms with E-state index in [1.807, 2.05) is 0 Å². The summed E-state index contributed by atoms with van der Waals surface area (Å²) >= 11 is 0. The number of hydrogen-bond donors (Lipinski definition) is 0. The highest BCUT2D eigenvalue weighted by Gasteiger charge is 2.21. The topological polar surface area (TPSA) is 90.0 Å². The first kappa shape index (κ1) is 15.1. The number of ketones is 1. The van der Waals surface area contributed by atoms with Crippen LogP contribution in [0.2, 0.25) is 0 Å². The highest BCUT2D eigenvalue weighted by molar-refractivity contribution is 5.98. The van der Waals surface area contributed by atoms with Crippen LogP contribution < -0.4 is 0 Å². The van der Waals surface area contributed by atoms with Crippen molar-refractivity contribution in [1.29, 1.82) is 0 Å². The van der Waals surface area contributed by atoms with E-state index in [0.29, 0.717) is 0 Å². The average molecular weight is 245 g/mol. The molecule has 0 saturated carbocycles. The fourth-order valence-corrected chi connectivity index (χ4v) is 0.998. The summed E-state index contributed by atoms with van der Waals surface area (Å²) in [5, 5.41) is 0. The van der Waals surface area contributed by atoms with Gasteiger partial charge in [0, 0.05) is 0 Å². The van der Waals surface area contributed by atoms with E-state index < -0.39 is 30.9 Å². The molecule has 0 bridgehead atoms. The number of carbonyl (C=O) groups is 4. The van der Waals surface area contributed by atoms with Crippen LogP contribution in [0, 0.1) is 0 Å². The quantitative estimate of drug-likeness (QED) is 0.447. The maximum absolute atomic E-state index is 11.5. The number of hydrogen-bond acceptors (Lipinski definition) is 6. The lowest BCUT2D eigenvalue weighted by atomic mass is 10.2. The number of ether oxygens (including phenoxy) is 2. The van der Waals surface area contributed by atoms with Crippen molar-refractivity contribution in [2.75, 3.05) is 27.3 Å². The molecule has 17 heavy (non-hydrogen) atoms. The third kappa shape index (κ3) is 6.29. The number of esters is 2. The highest BCUT2D eigenvalue weighted by Crippen LogP contribution is 1.97. The van der Waals surface area contributed by atoms with Gasteiger partial charge in [-0.2, -0.15) is 0 Å². The van der Waals surface area contributed by atoms with Crippen molar-refractivity contribution in [2.24, 2.45) is 0 Å². The van der Waals surface area contributed by atoms with Gasteiger partial charge in [0.1, 0.15) is 18.9 Å². The molecule has 0 aromatic rings. The van der Waals surface area contributed by atoms with Gasteiger partial charge < -0.3 is 14.4 Å². The second kappa shape index (κ2) is 7.37. The standard InChI is InChI=1S/C10H15NO6/c1-7(12)4-8(13)11(5-9(14)16-2)6-10(15)17-3/h4-6H2,1-3H3. The first-order valence-corrected chi connectivity index (χ1v) is 4.81. The molecule has 0 saturated heterocycles. The summed E-state index contributed by atoms with van der Waals surface area (Å²) < 4.78 is 8.76. The van der Waals surface area contributed by atoms with Gasteiger partial charge in [0.25, 0.3) is 0 Å². The molecule has 0 aliphatic heterocycles. The summed E-state index contributed by atoms with van der Waals surface area (Å²) in [5.74, 6) is -2.32. The summed E-state index contributed by atoms with van der Waals surface area (Å²) in [7, 11) is 2.32. The van der Waals surface area contributed by atoms with Gasteiger partial charge in [-0.1, -0.05) is 0 Å². The predicted molar refractivity (Wildman–Crippen MR) is 55.9 cm³/mol. The van der Waals surface area contributed by atoms with Crippen LogP contribution in [-0.4, -0.2) is 55.8 Å². The Morgan fingerprint density at radius 3 is 1.65 bits per heavy atom. The summed E-state index contributed by atoms with van der Waals surface area (Å²) in [6.07, 6.45) is -0.367. The number of amides is 1. The second-order valence-electron chi connectivity index (χ2n) is 3.28. The molecule has 0 atom stereocenters. The van der Waals surface area contributed by atoms with E-state index in [2.05, 4.69) is 9.47 Å². The van der Waals surface area contributed by atoms with Crippen LogP contribution in [0.4, 0.5) is 0 Å². The average Bonchev–Trinajstić information content (AvgIpc) is 2.26. The van der Waals surface area contributed by atoms with E-state index in [4.69, 9.17) is 0 Å². The number of nitrogens with zero attached hydrogens (tertiary/aromatic N) is 1. The van der Waals surface area contributed by atoms with Crippen molar-refractivity contribution in [1.82, 2.24) is 4.90 Å². The maximum Gasteiger partial charge on any atom is 0.325 e. The van der Waals surface area contributed by atoms with Crippen LogP contribution in [-0.2, 0) is 28.7 Å². The van der Waals surface area contributed by atoms with E-state index in [1.54, 1.807) is 0 Å². The SMILES string of the molecule is COC(=O)CN(CC(=O)OC)C(=O)CC(C)=O. The maximum atomic E-state index is 11.5. The van der Waals surface area contributed by atoms with Gasteiger partial charge >= 0.3 is 11.9 Å². The Bertz CT molecular complexity index is 307.